The van der Waals surface area contributed by atoms with Crippen molar-refractivity contribution in [2.24, 2.45) is 0 Å². The van der Waals surface area contributed by atoms with Gasteiger partial charge in [0.05, 0.1) is 19.4 Å². The smallest absolute Gasteiger partial charge is 0.274 e. The summed E-state index contributed by atoms with van der Waals surface area (Å²) in [7, 11) is 3.28. The second kappa shape index (κ2) is 8.20. The van der Waals surface area contributed by atoms with E-state index in [1.54, 1.807) is 39.4 Å². The number of fused-ring (bicyclic) bond motifs is 1. The van der Waals surface area contributed by atoms with Gasteiger partial charge in [0.15, 0.2) is 5.69 Å². The molecule has 9 heteroatoms. The van der Waals surface area contributed by atoms with Crippen molar-refractivity contribution < 1.29 is 18.8 Å². The molecule has 2 aliphatic rings. The molecule has 3 heterocycles. The number of nitrogens with one attached hydrogen (secondary N) is 1. The average molecular weight is 428 g/mol. The number of aromatic nitrogens is 2. The molecule has 31 heavy (non-hydrogen) atoms. The Hall–Kier alpha value is -3.10. The van der Waals surface area contributed by atoms with Crippen LogP contribution < -0.4 is 5.32 Å². The van der Waals surface area contributed by atoms with E-state index in [0.29, 0.717) is 18.0 Å². The van der Waals surface area contributed by atoms with Crippen molar-refractivity contribution in [2.45, 2.75) is 63.7 Å². The normalized spacial score (nSPS) is 21.6. The molecule has 0 radical (unpaired) electrons. The predicted molar refractivity (Wildman–Crippen MR) is 112 cm³/mol. The average Bonchev–Trinajstić information content (AvgIpc) is 3.42. The minimum Gasteiger partial charge on any atom is -0.467 e. The van der Waals surface area contributed by atoms with Crippen LogP contribution in [0.25, 0.3) is 0 Å². The Morgan fingerprint density at radius 3 is 2.74 bits per heavy atom. The van der Waals surface area contributed by atoms with E-state index in [-0.39, 0.29) is 36.0 Å². The van der Waals surface area contributed by atoms with Crippen LogP contribution in [0, 0.1) is 0 Å². The van der Waals surface area contributed by atoms with E-state index < -0.39 is 5.54 Å². The monoisotopic (exact) mass is 427 g/mol. The van der Waals surface area contributed by atoms with Crippen molar-refractivity contribution in [3.63, 3.8) is 0 Å². The molecule has 1 saturated carbocycles. The summed E-state index contributed by atoms with van der Waals surface area (Å²) >= 11 is 0. The van der Waals surface area contributed by atoms with Gasteiger partial charge in [-0.2, -0.15) is 5.10 Å². The summed E-state index contributed by atoms with van der Waals surface area (Å²) < 4.78 is 6.78. The fourth-order valence-corrected chi connectivity index (χ4v) is 4.32. The molecule has 1 atom stereocenters. The van der Waals surface area contributed by atoms with E-state index in [1.165, 1.54) is 27.0 Å². The summed E-state index contributed by atoms with van der Waals surface area (Å²) in [5.41, 5.74) is -0.601. The molecule has 166 valence electrons. The van der Waals surface area contributed by atoms with E-state index in [2.05, 4.69) is 10.4 Å². The van der Waals surface area contributed by atoms with Gasteiger partial charge in [-0.3, -0.25) is 19.1 Å². The van der Waals surface area contributed by atoms with Crippen LogP contribution in [0.4, 0.5) is 0 Å². The standard InChI is InChI=1S/C22H29N5O4/c1-22(21(30)23-15-8-5-4-6-9-15)14-27-18(20(29)26(22)3)12-17(24-27)19(28)25(2)13-16-10-7-11-31-16/h7,10-12,15H,4-6,8-9,13-14H2,1-3H3,(H,23,30)/t22-/m1/s1. The second-order valence-corrected chi connectivity index (χ2v) is 8.76. The van der Waals surface area contributed by atoms with Gasteiger partial charge in [0.2, 0.25) is 5.91 Å². The first-order chi connectivity index (χ1) is 14.8. The Labute approximate surface area is 181 Å². The number of rotatable bonds is 5. The summed E-state index contributed by atoms with van der Waals surface area (Å²) in [4.78, 5) is 42.0. The minimum absolute atomic E-state index is 0.146. The highest BCUT2D eigenvalue weighted by molar-refractivity contribution is 6.01. The van der Waals surface area contributed by atoms with E-state index >= 15 is 0 Å². The predicted octanol–water partition coefficient (Wildman–Crippen LogP) is 2.04. The lowest BCUT2D eigenvalue weighted by Gasteiger charge is -2.41. The SMILES string of the molecule is CN(Cc1ccco1)C(=O)c1cc2n(n1)C[C@](C)(C(=O)NC1CCCCC1)N(C)C2=O. The fraction of sp³-hybridized carbons (Fsp3) is 0.545. The third-order valence-corrected chi connectivity index (χ3v) is 6.47. The topological polar surface area (TPSA) is 101 Å². The lowest BCUT2D eigenvalue weighted by Crippen LogP contribution is -2.63. The second-order valence-electron chi connectivity index (χ2n) is 8.76. The van der Waals surface area contributed by atoms with E-state index in [1.807, 2.05) is 0 Å². The van der Waals surface area contributed by atoms with Gasteiger partial charge in [-0.05, 0) is 31.9 Å². The van der Waals surface area contributed by atoms with Gasteiger partial charge in [-0.25, -0.2) is 0 Å². The first kappa shape index (κ1) is 21.1. The number of carbonyl (C=O) groups excluding carboxylic acids is 3. The molecule has 1 aliphatic heterocycles. The van der Waals surface area contributed by atoms with Crippen molar-refractivity contribution in [1.29, 1.82) is 0 Å². The number of hydrogen-bond donors (Lipinski definition) is 1. The molecule has 2 aromatic heterocycles. The van der Waals surface area contributed by atoms with Crippen molar-refractivity contribution in [2.75, 3.05) is 14.1 Å². The van der Waals surface area contributed by atoms with Crippen molar-refractivity contribution in [3.8, 4) is 0 Å². The molecular weight excluding hydrogens is 398 g/mol. The van der Waals surface area contributed by atoms with Gasteiger partial charge < -0.3 is 19.5 Å². The van der Waals surface area contributed by atoms with Crippen LogP contribution in [0.5, 0.6) is 0 Å². The van der Waals surface area contributed by atoms with Crippen LogP contribution in [0.3, 0.4) is 0 Å². The highest BCUT2D eigenvalue weighted by Gasteiger charge is 2.46. The zero-order valence-electron chi connectivity index (χ0n) is 18.3. The summed E-state index contributed by atoms with van der Waals surface area (Å²) in [5, 5.41) is 7.50. The van der Waals surface area contributed by atoms with Gasteiger partial charge in [0.25, 0.3) is 11.8 Å². The summed E-state index contributed by atoms with van der Waals surface area (Å²) in [6.07, 6.45) is 6.90. The molecule has 1 fully saturated rings. The molecule has 9 nitrogen and oxygen atoms in total. The molecule has 0 saturated heterocycles. The Balaban J connectivity index is 1.52. The number of carbonyl (C=O) groups is 3. The Morgan fingerprint density at radius 2 is 2.06 bits per heavy atom. The van der Waals surface area contributed by atoms with E-state index in [4.69, 9.17) is 4.42 Å². The number of furan rings is 1. The molecular formula is C22H29N5O4. The highest BCUT2D eigenvalue weighted by atomic mass is 16.3. The van der Waals surface area contributed by atoms with Crippen LogP contribution in [-0.2, 0) is 17.9 Å². The zero-order valence-corrected chi connectivity index (χ0v) is 18.3. The number of nitrogens with zero attached hydrogens (tertiary/aromatic N) is 4. The molecule has 1 aliphatic carbocycles. The largest absolute Gasteiger partial charge is 0.467 e. The third-order valence-electron chi connectivity index (χ3n) is 6.47. The zero-order chi connectivity index (χ0) is 22.2. The van der Waals surface area contributed by atoms with Gasteiger partial charge >= 0.3 is 0 Å². The number of hydrogen-bond acceptors (Lipinski definition) is 5. The van der Waals surface area contributed by atoms with Crippen LogP contribution in [0.2, 0.25) is 0 Å². The first-order valence-electron chi connectivity index (χ1n) is 10.7. The van der Waals surface area contributed by atoms with Gasteiger partial charge in [-0.15, -0.1) is 0 Å². The van der Waals surface area contributed by atoms with E-state index in [9.17, 15) is 14.4 Å². The van der Waals surface area contributed by atoms with Crippen molar-refractivity contribution >= 4 is 17.7 Å². The van der Waals surface area contributed by atoms with Crippen LogP contribution >= 0.6 is 0 Å². The highest BCUT2D eigenvalue weighted by Crippen LogP contribution is 2.27. The first-order valence-corrected chi connectivity index (χ1v) is 10.7. The maximum atomic E-state index is 13.1. The van der Waals surface area contributed by atoms with Crippen molar-refractivity contribution in [1.82, 2.24) is 24.9 Å². The Morgan fingerprint density at radius 1 is 1.32 bits per heavy atom. The molecule has 0 spiro atoms. The maximum Gasteiger partial charge on any atom is 0.274 e. The molecule has 0 bridgehead atoms. The molecule has 0 unspecified atom stereocenters. The van der Waals surface area contributed by atoms with Gasteiger partial charge in [0, 0.05) is 26.2 Å². The molecule has 3 amide bonds. The summed E-state index contributed by atoms with van der Waals surface area (Å²) in [6, 6.07) is 5.19. The summed E-state index contributed by atoms with van der Waals surface area (Å²) in [5.74, 6) is -0.170. The lowest BCUT2D eigenvalue weighted by molar-refractivity contribution is -0.133. The molecule has 0 aromatic carbocycles. The molecule has 2 aromatic rings. The Bertz CT molecular complexity index is 976. The number of likely N-dealkylation sites (N-methyl/N-ethyl adjacent to an activating group) is 1. The van der Waals surface area contributed by atoms with Gasteiger partial charge in [0.1, 0.15) is 17.0 Å². The quantitative estimate of drug-likeness (QED) is 0.787. The van der Waals surface area contributed by atoms with Crippen LogP contribution in [-0.4, -0.2) is 63.0 Å². The maximum absolute atomic E-state index is 13.1. The fourth-order valence-electron chi connectivity index (χ4n) is 4.32. The summed E-state index contributed by atoms with van der Waals surface area (Å²) in [6.45, 7) is 2.24. The molecule has 1 N–H and O–H groups in total. The van der Waals surface area contributed by atoms with E-state index in [0.717, 1.165) is 25.7 Å². The Kier molecular flexibility index (Phi) is 5.60. The minimum atomic E-state index is -1.08. The third kappa shape index (κ3) is 3.96. The van der Waals surface area contributed by atoms with Crippen LogP contribution in [0.1, 0.15) is 65.8 Å². The lowest BCUT2D eigenvalue weighted by atomic mass is 9.92. The van der Waals surface area contributed by atoms with Gasteiger partial charge in [-0.1, -0.05) is 19.3 Å². The van der Waals surface area contributed by atoms with Crippen molar-refractivity contribution in [3.05, 3.63) is 41.6 Å². The van der Waals surface area contributed by atoms with Crippen LogP contribution in [0.15, 0.2) is 28.9 Å². The number of amides is 3. The molecule has 4 rings (SSSR count).